The molecule has 1 aromatic carbocycles. The molecular weight excluding hydrogens is 378 g/mol. The SMILES string of the molecule is CC.CC.CNC(=O)c1cc2nc3c(nc2cc1C=O)CCc1cnncc1CC3. The molecule has 4 rings (SSSR count). The van der Waals surface area contributed by atoms with Gasteiger partial charge in [-0.3, -0.25) is 9.59 Å². The molecule has 1 aliphatic rings. The summed E-state index contributed by atoms with van der Waals surface area (Å²) >= 11 is 0. The molecule has 2 heterocycles. The lowest BCUT2D eigenvalue weighted by molar-refractivity contribution is 0.0957. The van der Waals surface area contributed by atoms with Crippen LogP contribution in [0.1, 0.15) is 70.9 Å². The van der Waals surface area contributed by atoms with Crippen LogP contribution in [-0.2, 0) is 25.7 Å². The Morgan fingerprint density at radius 1 is 0.867 bits per heavy atom. The van der Waals surface area contributed by atoms with Crippen molar-refractivity contribution in [3.8, 4) is 0 Å². The second-order valence-corrected chi connectivity index (χ2v) is 6.28. The number of aromatic nitrogens is 4. The normalized spacial score (nSPS) is 11.9. The molecule has 0 radical (unpaired) electrons. The maximum Gasteiger partial charge on any atom is 0.251 e. The Labute approximate surface area is 177 Å². The first-order valence-corrected chi connectivity index (χ1v) is 10.5. The van der Waals surface area contributed by atoms with Crippen molar-refractivity contribution < 1.29 is 9.59 Å². The van der Waals surface area contributed by atoms with E-state index in [4.69, 9.17) is 9.97 Å². The molecule has 0 saturated heterocycles. The lowest BCUT2D eigenvalue weighted by Crippen LogP contribution is -2.20. The van der Waals surface area contributed by atoms with Gasteiger partial charge in [-0.2, -0.15) is 10.2 Å². The molecule has 158 valence electrons. The lowest BCUT2D eigenvalue weighted by atomic mass is 9.95. The summed E-state index contributed by atoms with van der Waals surface area (Å²) in [6, 6.07) is 3.28. The van der Waals surface area contributed by atoms with E-state index >= 15 is 0 Å². The number of nitrogens with one attached hydrogen (secondary N) is 1. The van der Waals surface area contributed by atoms with E-state index in [1.807, 2.05) is 40.1 Å². The molecule has 0 atom stereocenters. The van der Waals surface area contributed by atoms with E-state index < -0.39 is 0 Å². The van der Waals surface area contributed by atoms with Crippen molar-refractivity contribution in [2.24, 2.45) is 0 Å². The molecule has 0 bridgehead atoms. The first-order valence-electron chi connectivity index (χ1n) is 10.5. The summed E-state index contributed by atoms with van der Waals surface area (Å²) in [5.74, 6) is -0.310. The molecule has 2 aromatic heterocycles. The van der Waals surface area contributed by atoms with Crippen LogP contribution in [0, 0.1) is 0 Å². The Hall–Kier alpha value is -3.22. The van der Waals surface area contributed by atoms with E-state index in [2.05, 4.69) is 15.5 Å². The molecule has 3 aromatic rings. The highest BCUT2D eigenvalue weighted by atomic mass is 16.1. The molecule has 1 amide bonds. The number of rotatable bonds is 2. The second-order valence-electron chi connectivity index (χ2n) is 6.28. The molecule has 1 N–H and O–H groups in total. The van der Waals surface area contributed by atoms with Crippen molar-refractivity contribution in [1.82, 2.24) is 25.5 Å². The Morgan fingerprint density at radius 3 is 1.83 bits per heavy atom. The predicted molar refractivity (Wildman–Crippen MR) is 118 cm³/mol. The lowest BCUT2D eigenvalue weighted by Gasteiger charge is -2.16. The van der Waals surface area contributed by atoms with Crippen LogP contribution in [0.25, 0.3) is 11.0 Å². The Kier molecular flexibility index (Phi) is 8.53. The number of carbonyl (C=O) groups excluding carboxylic acids is 2. The molecule has 0 spiro atoms. The van der Waals surface area contributed by atoms with Crippen LogP contribution < -0.4 is 5.32 Å². The summed E-state index contributed by atoms with van der Waals surface area (Å²) in [5, 5.41) is 10.5. The van der Waals surface area contributed by atoms with Crippen molar-refractivity contribution in [3.05, 3.63) is 58.2 Å². The molecule has 0 fully saturated rings. The zero-order valence-electron chi connectivity index (χ0n) is 18.3. The van der Waals surface area contributed by atoms with Crippen LogP contribution in [0.15, 0.2) is 24.5 Å². The van der Waals surface area contributed by atoms with Crippen molar-refractivity contribution in [2.45, 2.75) is 53.4 Å². The zero-order chi connectivity index (χ0) is 22.1. The third-order valence-corrected chi connectivity index (χ3v) is 4.76. The van der Waals surface area contributed by atoms with Crippen LogP contribution >= 0.6 is 0 Å². The molecule has 0 aliphatic heterocycles. The van der Waals surface area contributed by atoms with Crippen LogP contribution in [0.4, 0.5) is 0 Å². The van der Waals surface area contributed by atoms with Gasteiger partial charge in [0, 0.05) is 12.6 Å². The van der Waals surface area contributed by atoms with Crippen molar-refractivity contribution in [1.29, 1.82) is 0 Å². The molecule has 7 heteroatoms. The molecule has 1 aliphatic carbocycles. The van der Waals surface area contributed by atoms with Gasteiger partial charge in [0.25, 0.3) is 5.91 Å². The van der Waals surface area contributed by atoms with Gasteiger partial charge in [-0.15, -0.1) is 0 Å². The molecule has 7 nitrogen and oxygen atoms in total. The summed E-state index contributed by atoms with van der Waals surface area (Å²) < 4.78 is 0. The first-order chi connectivity index (χ1) is 14.7. The average molecular weight is 408 g/mol. The highest BCUT2D eigenvalue weighted by Gasteiger charge is 2.18. The maximum atomic E-state index is 12.0. The van der Waals surface area contributed by atoms with E-state index in [1.54, 1.807) is 12.1 Å². The molecule has 0 saturated carbocycles. The van der Waals surface area contributed by atoms with Crippen LogP contribution in [0.3, 0.4) is 0 Å². The predicted octanol–water partition coefficient (Wildman–Crippen LogP) is 3.53. The highest BCUT2D eigenvalue weighted by Crippen LogP contribution is 2.23. The maximum absolute atomic E-state index is 12.0. The zero-order valence-corrected chi connectivity index (χ0v) is 18.3. The van der Waals surface area contributed by atoms with E-state index in [1.165, 1.54) is 18.2 Å². The summed E-state index contributed by atoms with van der Waals surface area (Å²) in [4.78, 5) is 32.9. The van der Waals surface area contributed by atoms with E-state index in [9.17, 15) is 9.59 Å². The topological polar surface area (TPSA) is 97.7 Å². The number of carbonyl (C=O) groups is 2. The second kappa shape index (κ2) is 11.1. The molecule has 30 heavy (non-hydrogen) atoms. The standard InChI is InChI=1S/C19H17N5O2.2C2H6/c1-20-19(26)14-7-18-17(6-13(14)10-25)23-15-4-2-11-8-21-22-9-12(11)3-5-16(15)24-18;2*1-2/h6-10H,2-5H2,1H3,(H,20,26);2*1-2H3. The van der Waals surface area contributed by atoms with Gasteiger partial charge in [-0.25, -0.2) is 9.97 Å². The minimum Gasteiger partial charge on any atom is -0.355 e. The smallest absolute Gasteiger partial charge is 0.251 e. The monoisotopic (exact) mass is 407 g/mol. The summed E-state index contributed by atoms with van der Waals surface area (Å²) in [7, 11) is 1.54. The number of hydrogen-bond donors (Lipinski definition) is 1. The number of benzene rings is 1. The fourth-order valence-corrected chi connectivity index (χ4v) is 3.35. The number of aldehydes is 1. The van der Waals surface area contributed by atoms with E-state index in [0.717, 1.165) is 37.1 Å². The quantitative estimate of drug-likeness (QED) is 0.653. The molecular formula is C23H29N5O2. The van der Waals surface area contributed by atoms with Gasteiger partial charge in [0.2, 0.25) is 0 Å². The van der Waals surface area contributed by atoms with E-state index in [-0.39, 0.29) is 5.91 Å². The van der Waals surface area contributed by atoms with Crippen molar-refractivity contribution in [2.75, 3.05) is 7.05 Å². The third-order valence-electron chi connectivity index (χ3n) is 4.76. The Bertz CT molecular complexity index is 1030. The minimum absolute atomic E-state index is 0.310. The fraction of sp³-hybridized carbons (Fsp3) is 0.391. The largest absolute Gasteiger partial charge is 0.355 e. The van der Waals surface area contributed by atoms with Gasteiger partial charge in [0.15, 0.2) is 6.29 Å². The van der Waals surface area contributed by atoms with Gasteiger partial charge in [0.1, 0.15) is 0 Å². The first kappa shape index (κ1) is 23.1. The fourth-order valence-electron chi connectivity index (χ4n) is 3.35. The number of fused-ring (bicyclic) bond motifs is 3. The van der Waals surface area contributed by atoms with Gasteiger partial charge in [-0.05, 0) is 48.9 Å². The van der Waals surface area contributed by atoms with Gasteiger partial charge < -0.3 is 5.32 Å². The average Bonchev–Trinajstić information content (AvgIpc) is 2.81. The van der Waals surface area contributed by atoms with Gasteiger partial charge in [-0.1, -0.05) is 27.7 Å². The minimum atomic E-state index is -0.310. The van der Waals surface area contributed by atoms with Crippen LogP contribution in [0.5, 0.6) is 0 Å². The van der Waals surface area contributed by atoms with Gasteiger partial charge in [0.05, 0.1) is 40.4 Å². The number of amides is 1. The number of hydrogen-bond acceptors (Lipinski definition) is 6. The summed E-state index contributed by atoms with van der Waals surface area (Å²) in [5.41, 5.74) is 6.14. The number of aryl methyl sites for hydroxylation is 4. The Balaban J connectivity index is 0.000000757. The van der Waals surface area contributed by atoms with Crippen molar-refractivity contribution in [3.63, 3.8) is 0 Å². The highest BCUT2D eigenvalue weighted by molar-refractivity contribution is 6.04. The summed E-state index contributed by atoms with van der Waals surface area (Å²) in [6.45, 7) is 8.00. The Morgan fingerprint density at radius 2 is 1.37 bits per heavy atom. The third kappa shape index (κ3) is 4.84. The summed E-state index contributed by atoms with van der Waals surface area (Å²) in [6.07, 6.45) is 7.47. The van der Waals surface area contributed by atoms with E-state index in [0.29, 0.717) is 28.4 Å². The van der Waals surface area contributed by atoms with Crippen LogP contribution in [0.2, 0.25) is 0 Å². The van der Waals surface area contributed by atoms with Crippen LogP contribution in [-0.4, -0.2) is 39.4 Å². The van der Waals surface area contributed by atoms with Crippen molar-refractivity contribution >= 4 is 23.2 Å². The molecule has 0 unspecified atom stereocenters. The number of nitrogens with zero attached hydrogens (tertiary/aromatic N) is 4. The van der Waals surface area contributed by atoms with Gasteiger partial charge >= 0.3 is 0 Å².